The number of amides is 1. The molecule has 0 saturated carbocycles. The Morgan fingerprint density at radius 3 is 2.84 bits per heavy atom. The summed E-state index contributed by atoms with van der Waals surface area (Å²) in [5, 5.41) is 4.25. The quantitative estimate of drug-likeness (QED) is 0.562. The molecule has 3 heterocycles. The van der Waals surface area contributed by atoms with Gasteiger partial charge in [0, 0.05) is 21.2 Å². The summed E-state index contributed by atoms with van der Waals surface area (Å²) in [5.74, 6) is 0.718. The molecule has 1 aromatic carbocycles. The molecule has 1 unspecified atom stereocenters. The second-order valence-corrected chi connectivity index (χ2v) is 9.11. The van der Waals surface area contributed by atoms with Gasteiger partial charge in [-0.05, 0) is 53.4 Å². The Morgan fingerprint density at radius 2 is 2.04 bits per heavy atom. The van der Waals surface area contributed by atoms with Gasteiger partial charge in [0.25, 0.3) is 0 Å². The van der Waals surface area contributed by atoms with Crippen molar-refractivity contribution in [2.75, 3.05) is 12.3 Å². The third-order valence-electron chi connectivity index (χ3n) is 4.54. The minimum atomic E-state index is 0.0833. The van der Waals surface area contributed by atoms with Crippen molar-refractivity contribution in [3.05, 3.63) is 74.1 Å². The average Bonchev–Trinajstić information content (AvgIpc) is 3.31. The van der Waals surface area contributed by atoms with Crippen LogP contribution in [0.15, 0.2) is 58.1 Å². The van der Waals surface area contributed by atoms with Crippen LogP contribution < -0.4 is 0 Å². The predicted octanol–water partition coefficient (Wildman–Crippen LogP) is 5.38. The summed E-state index contributed by atoms with van der Waals surface area (Å²) in [6.07, 6.45) is 0.968. The van der Waals surface area contributed by atoms with E-state index in [2.05, 4.69) is 52.9 Å². The normalized spacial score (nSPS) is 16.7. The van der Waals surface area contributed by atoms with Gasteiger partial charge in [-0.1, -0.05) is 24.3 Å². The largest absolute Gasteiger partial charge is 0.330 e. The molecule has 1 aliphatic heterocycles. The number of nitrogens with zero attached hydrogens (tertiary/aromatic N) is 1. The van der Waals surface area contributed by atoms with Crippen LogP contribution in [0.2, 0.25) is 0 Å². The van der Waals surface area contributed by atoms with Gasteiger partial charge in [0.15, 0.2) is 0 Å². The Kier molecular flexibility index (Phi) is 4.97. The van der Waals surface area contributed by atoms with Gasteiger partial charge in [-0.15, -0.1) is 34.4 Å². The molecule has 1 amide bonds. The molecule has 0 aliphatic carbocycles. The monoisotopic (exact) mass is 385 g/mol. The molecule has 0 bridgehead atoms. The molecule has 0 fully saturated rings. The van der Waals surface area contributed by atoms with Crippen LogP contribution >= 0.6 is 34.4 Å². The van der Waals surface area contributed by atoms with Crippen molar-refractivity contribution in [1.29, 1.82) is 0 Å². The summed E-state index contributed by atoms with van der Waals surface area (Å²) < 4.78 is 0. The molecule has 1 aliphatic rings. The lowest BCUT2D eigenvalue weighted by Gasteiger charge is -2.35. The van der Waals surface area contributed by atoms with E-state index in [0.29, 0.717) is 5.75 Å². The summed E-state index contributed by atoms with van der Waals surface area (Å²) in [6.45, 7) is 2.91. The fourth-order valence-electron chi connectivity index (χ4n) is 3.28. The zero-order chi connectivity index (χ0) is 17.2. The standard InChI is InChI=1S/C20H19NOS3/c1-14-5-2-3-6-16(14)25-13-19(22)21-10-8-17-15(9-12-24-17)20(21)18-7-4-11-23-18/h2-7,9,11-12,20H,8,10,13H2,1H3. The summed E-state index contributed by atoms with van der Waals surface area (Å²) >= 11 is 5.20. The SMILES string of the molecule is Cc1ccccc1SCC(=O)N1CCc2sccc2C1c1cccs1. The molecule has 1 atom stereocenters. The van der Waals surface area contributed by atoms with Crippen molar-refractivity contribution in [2.24, 2.45) is 0 Å². The average molecular weight is 386 g/mol. The second kappa shape index (κ2) is 7.36. The van der Waals surface area contributed by atoms with E-state index in [4.69, 9.17) is 0 Å². The molecule has 2 aromatic heterocycles. The Morgan fingerprint density at radius 1 is 1.16 bits per heavy atom. The number of benzene rings is 1. The maximum absolute atomic E-state index is 13.0. The molecule has 4 rings (SSSR count). The van der Waals surface area contributed by atoms with E-state index in [0.717, 1.165) is 13.0 Å². The molecule has 3 aromatic rings. The van der Waals surface area contributed by atoms with E-state index in [-0.39, 0.29) is 11.9 Å². The van der Waals surface area contributed by atoms with E-state index in [9.17, 15) is 4.79 Å². The number of carbonyl (C=O) groups is 1. The lowest BCUT2D eigenvalue weighted by Crippen LogP contribution is -2.40. The highest BCUT2D eigenvalue weighted by Crippen LogP contribution is 2.40. The maximum atomic E-state index is 13.0. The Hall–Kier alpha value is -1.56. The van der Waals surface area contributed by atoms with E-state index in [1.165, 1.54) is 25.8 Å². The van der Waals surface area contributed by atoms with Crippen LogP contribution in [0, 0.1) is 6.92 Å². The first-order valence-electron chi connectivity index (χ1n) is 8.31. The van der Waals surface area contributed by atoms with Crippen LogP contribution in [-0.4, -0.2) is 23.1 Å². The van der Waals surface area contributed by atoms with E-state index in [1.807, 2.05) is 23.5 Å². The van der Waals surface area contributed by atoms with E-state index in [1.54, 1.807) is 23.1 Å². The number of hydrogen-bond donors (Lipinski definition) is 0. The van der Waals surface area contributed by atoms with Crippen molar-refractivity contribution >= 4 is 40.3 Å². The predicted molar refractivity (Wildman–Crippen MR) is 108 cm³/mol. The third-order valence-corrected chi connectivity index (χ3v) is 7.63. The third kappa shape index (κ3) is 3.41. The molecule has 0 radical (unpaired) electrons. The number of rotatable bonds is 4. The molecular weight excluding hydrogens is 366 g/mol. The Balaban J connectivity index is 1.56. The number of fused-ring (bicyclic) bond motifs is 1. The zero-order valence-electron chi connectivity index (χ0n) is 14.0. The van der Waals surface area contributed by atoms with Gasteiger partial charge in [0.1, 0.15) is 0 Å². The maximum Gasteiger partial charge on any atom is 0.233 e. The fraction of sp³-hybridized carbons (Fsp3) is 0.250. The van der Waals surface area contributed by atoms with Crippen LogP contribution in [0.3, 0.4) is 0 Å². The van der Waals surface area contributed by atoms with Gasteiger partial charge in [-0.25, -0.2) is 0 Å². The minimum Gasteiger partial charge on any atom is -0.330 e. The van der Waals surface area contributed by atoms with Crippen molar-refractivity contribution in [1.82, 2.24) is 4.90 Å². The van der Waals surface area contributed by atoms with Crippen LogP contribution in [-0.2, 0) is 11.2 Å². The highest BCUT2D eigenvalue weighted by molar-refractivity contribution is 8.00. The summed E-state index contributed by atoms with van der Waals surface area (Å²) in [4.78, 5) is 19.0. The number of hydrogen-bond acceptors (Lipinski definition) is 4. The van der Waals surface area contributed by atoms with Gasteiger partial charge < -0.3 is 4.90 Å². The molecule has 0 saturated heterocycles. The first-order valence-corrected chi connectivity index (χ1v) is 11.1. The van der Waals surface area contributed by atoms with Gasteiger partial charge in [-0.2, -0.15) is 0 Å². The smallest absolute Gasteiger partial charge is 0.233 e. The molecule has 0 N–H and O–H groups in total. The second-order valence-electron chi connectivity index (χ2n) is 6.11. The Bertz CT molecular complexity index is 869. The summed E-state index contributed by atoms with van der Waals surface area (Å²) in [7, 11) is 0. The molecule has 128 valence electrons. The van der Waals surface area contributed by atoms with Crippen molar-refractivity contribution in [3.63, 3.8) is 0 Å². The van der Waals surface area contributed by atoms with Crippen molar-refractivity contribution < 1.29 is 4.79 Å². The summed E-state index contributed by atoms with van der Waals surface area (Å²) in [6, 6.07) is 14.8. The molecular formula is C20H19NOS3. The molecule has 25 heavy (non-hydrogen) atoms. The Labute approximate surface area is 160 Å². The van der Waals surface area contributed by atoms with Gasteiger partial charge in [0.05, 0.1) is 11.8 Å². The van der Waals surface area contributed by atoms with Crippen LogP contribution in [0.5, 0.6) is 0 Å². The van der Waals surface area contributed by atoms with Gasteiger partial charge >= 0.3 is 0 Å². The topological polar surface area (TPSA) is 20.3 Å². The zero-order valence-corrected chi connectivity index (χ0v) is 16.4. The van der Waals surface area contributed by atoms with E-state index < -0.39 is 0 Å². The van der Waals surface area contributed by atoms with E-state index >= 15 is 0 Å². The van der Waals surface area contributed by atoms with Crippen LogP contribution in [0.25, 0.3) is 0 Å². The number of carbonyl (C=O) groups excluding carboxylic acids is 1. The first kappa shape index (κ1) is 16.9. The highest BCUT2D eigenvalue weighted by Gasteiger charge is 2.33. The van der Waals surface area contributed by atoms with Gasteiger partial charge in [-0.3, -0.25) is 4.79 Å². The van der Waals surface area contributed by atoms with Crippen LogP contribution in [0.1, 0.15) is 26.9 Å². The number of aryl methyl sites for hydroxylation is 1. The molecule has 2 nitrogen and oxygen atoms in total. The molecule has 5 heteroatoms. The lowest BCUT2D eigenvalue weighted by molar-refractivity contribution is -0.130. The first-order chi connectivity index (χ1) is 12.2. The number of thiophene rings is 2. The van der Waals surface area contributed by atoms with Gasteiger partial charge in [0.2, 0.25) is 5.91 Å². The highest BCUT2D eigenvalue weighted by atomic mass is 32.2. The fourth-order valence-corrected chi connectivity index (χ4v) is 5.95. The summed E-state index contributed by atoms with van der Waals surface area (Å²) in [5.41, 5.74) is 2.54. The minimum absolute atomic E-state index is 0.0833. The van der Waals surface area contributed by atoms with Crippen LogP contribution in [0.4, 0.5) is 0 Å². The van der Waals surface area contributed by atoms with Crippen molar-refractivity contribution in [3.8, 4) is 0 Å². The number of thioether (sulfide) groups is 1. The van der Waals surface area contributed by atoms with Crippen molar-refractivity contribution in [2.45, 2.75) is 24.3 Å². The molecule has 0 spiro atoms. The lowest BCUT2D eigenvalue weighted by atomic mass is 9.98.